The van der Waals surface area contributed by atoms with Crippen LogP contribution in [0.15, 0.2) is 5.51 Å². The van der Waals surface area contributed by atoms with Crippen LogP contribution in [-0.2, 0) is 11.2 Å². The van der Waals surface area contributed by atoms with E-state index in [9.17, 15) is 0 Å². The fourth-order valence-electron chi connectivity index (χ4n) is 1.57. The second kappa shape index (κ2) is 6.33. The fourth-order valence-corrected chi connectivity index (χ4v) is 2.35. The van der Waals surface area contributed by atoms with Gasteiger partial charge in [0.2, 0.25) is 0 Å². The number of nitrogens with zero attached hydrogens (tertiary/aromatic N) is 1. The molecule has 3 nitrogen and oxygen atoms in total. The van der Waals surface area contributed by atoms with Gasteiger partial charge in [0.1, 0.15) is 0 Å². The summed E-state index contributed by atoms with van der Waals surface area (Å²) in [6.07, 6.45) is 3.83. The summed E-state index contributed by atoms with van der Waals surface area (Å²) in [6.45, 7) is 5.87. The molecule has 0 bridgehead atoms. The standard InChI is InChI=1S/C12H20N2OS/c1-10-12(16-9-14-10)4-5-13-6-7-15-8-11-2-3-11/h9,11,13H,2-8H2,1H3. The van der Waals surface area contributed by atoms with Gasteiger partial charge in [0.05, 0.1) is 17.8 Å². The van der Waals surface area contributed by atoms with Crippen molar-refractivity contribution in [1.82, 2.24) is 10.3 Å². The molecule has 0 spiro atoms. The topological polar surface area (TPSA) is 34.2 Å². The first-order chi connectivity index (χ1) is 7.86. The second-order valence-corrected chi connectivity index (χ2v) is 5.32. The smallest absolute Gasteiger partial charge is 0.0797 e. The Balaban J connectivity index is 1.44. The average Bonchev–Trinajstić information content (AvgIpc) is 3.01. The zero-order valence-electron chi connectivity index (χ0n) is 9.87. The Hall–Kier alpha value is -0.450. The molecule has 0 aromatic carbocycles. The molecule has 1 aromatic heterocycles. The molecule has 0 amide bonds. The van der Waals surface area contributed by atoms with E-state index in [1.807, 2.05) is 5.51 Å². The van der Waals surface area contributed by atoms with Crippen LogP contribution >= 0.6 is 11.3 Å². The maximum absolute atomic E-state index is 5.55. The number of aryl methyl sites for hydroxylation is 1. The van der Waals surface area contributed by atoms with Crippen molar-refractivity contribution in [3.8, 4) is 0 Å². The molecule has 0 atom stereocenters. The summed E-state index contributed by atoms with van der Waals surface area (Å²) in [5, 5.41) is 3.40. The molecule has 0 aliphatic heterocycles. The van der Waals surface area contributed by atoms with Gasteiger partial charge in [-0.1, -0.05) is 0 Å². The molecule has 2 rings (SSSR count). The monoisotopic (exact) mass is 240 g/mol. The number of ether oxygens (including phenoxy) is 1. The van der Waals surface area contributed by atoms with Crippen LogP contribution in [-0.4, -0.2) is 31.3 Å². The molecule has 1 aliphatic rings. The quantitative estimate of drug-likeness (QED) is 0.706. The van der Waals surface area contributed by atoms with Gasteiger partial charge in [-0.3, -0.25) is 0 Å². The van der Waals surface area contributed by atoms with E-state index in [1.165, 1.54) is 23.4 Å². The minimum atomic E-state index is 0.845. The van der Waals surface area contributed by atoms with Gasteiger partial charge in [0.25, 0.3) is 0 Å². The molecule has 0 radical (unpaired) electrons. The van der Waals surface area contributed by atoms with Crippen LogP contribution in [0.1, 0.15) is 23.4 Å². The van der Waals surface area contributed by atoms with Gasteiger partial charge in [-0.05, 0) is 32.1 Å². The predicted molar refractivity (Wildman–Crippen MR) is 67.0 cm³/mol. The van der Waals surface area contributed by atoms with Gasteiger partial charge in [-0.25, -0.2) is 4.98 Å². The van der Waals surface area contributed by atoms with Crippen molar-refractivity contribution < 1.29 is 4.74 Å². The van der Waals surface area contributed by atoms with Crippen molar-refractivity contribution in [3.63, 3.8) is 0 Å². The zero-order valence-corrected chi connectivity index (χ0v) is 10.7. The Morgan fingerprint density at radius 1 is 1.50 bits per heavy atom. The van der Waals surface area contributed by atoms with E-state index in [4.69, 9.17) is 4.74 Å². The molecule has 4 heteroatoms. The van der Waals surface area contributed by atoms with Crippen molar-refractivity contribution >= 4 is 11.3 Å². The van der Waals surface area contributed by atoms with Crippen LogP contribution in [0, 0.1) is 12.8 Å². The first-order valence-corrected chi connectivity index (χ1v) is 6.91. The van der Waals surface area contributed by atoms with Gasteiger partial charge >= 0.3 is 0 Å². The van der Waals surface area contributed by atoms with Crippen LogP contribution < -0.4 is 5.32 Å². The van der Waals surface area contributed by atoms with Crippen molar-refractivity contribution in [1.29, 1.82) is 0 Å². The summed E-state index contributed by atoms with van der Waals surface area (Å²) in [5.41, 5.74) is 3.10. The molecular weight excluding hydrogens is 220 g/mol. The lowest BCUT2D eigenvalue weighted by Crippen LogP contribution is -2.22. The number of aromatic nitrogens is 1. The van der Waals surface area contributed by atoms with Crippen LogP contribution in [0.25, 0.3) is 0 Å². The molecule has 1 fully saturated rings. The summed E-state index contributed by atoms with van der Waals surface area (Å²) in [7, 11) is 0. The molecule has 1 N–H and O–H groups in total. The lowest BCUT2D eigenvalue weighted by molar-refractivity contribution is 0.126. The summed E-state index contributed by atoms with van der Waals surface area (Å²) >= 11 is 1.75. The molecule has 1 saturated carbocycles. The van der Waals surface area contributed by atoms with Crippen LogP contribution in [0.4, 0.5) is 0 Å². The van der Waals surface area contributed by atoms with Crippen molar-refractivity contribution in [2.45, 2.75) is 26.2 Å². The summed E-state index contributed by atoms with van der Waals surface area (Å²) < 4.78 is 5.55. The van der Waals surface area contributed by atoms with E-state index >= 15 is 0 Å². The zero-order chi connectivity index (χ0) is 11.2. The maximum Gasteiger partial charge on any atom is 0.0797 e. The van der Waals surface area contributed by atoms with Crippen molar-refractivity contribution in [2.75, 3.05) is 26.3 Å². The summed E-state index contributed by atoms with van der Waals surface area (Å²) in [6, 6.07) is 0. The number of rotatable bonds is 8. The summed E-state index contributed by atoms with van der Waals surface area (Å²) in [4.78, 5) is 5.63. The summed E-state index contributed by atoms with van der Waals surface area (Å²) in [5.74, 6) is 0.875. The van der Waals surface area contributed by atoms with E-state index in [0.717, 1.165) is 38.6 Å². The lowest BCUT2D eigenvalue weighted by Gasteiger charge is -2.05. The third kappa shape index (κ3) is 4.20. The van der Waals surface area contributed by atoms with Gasteiger partial charge in [0, 0.05) is 24.6 Å². The third-order valence-electron chi connectivity index (χ3n) is 2.85. The van der Waals surface area contributed by atoms with Crippen molar-refractivity contribution in [2.24, 2.45) is 5.92 Å². The Bertz CT molecular complexity index is 310. The van der Waals surface area contributed by atoms with Crippen LogP contribution in [0.3, 0.4) is 0 Å². The van der Waals surface area contributed by atoms with E-state index in [0.29, 0.717) is 0 Å². The molecule has 0 saturated heterocycles. The van der Waals surface area contributed by atoms with Crippen LogP contribution in [0.5, 0.6) is 0 Å². The Labute approximate surface area is 101 Å². The van der Waals surface area contributed by atoms with Crippen molar-refractivity contribution in [3.05, 3.63) is 16.1 Å². The van der Waals surface area contributed by atoms with Gasteiger partial charge < -0.3 is 10.1 Å². The second-order valence-electron chi connectivity index (χ2n) is 4.38. The number of hydrogen-bond donors (Lipinski definition) is 1. The highest BCUT2D eigenvalue weighted by atomic mass is 32.1. The fraction of sp³-hybridized carbons (Fsp3) is 0.750. The number of nitrogens with one attached hydrogen (secondary N) is 1. The van der Waals surface area contributed by atoms with Gasteiger partial charge in [-0.15, -0.1) is 11.3 Å². The Morgan fingerprint density at radius 3 is 3.06 bits per heavy atom. The normalized spacial score (nSPS) is 15.6. The average molecular weight is 240 g/mol. The predicted octanol–water partition coefficient (Wildman–Crippen LogP) is 2.01. The largest absolute Gasteiger partial charge is 0.380 e. The lowest BCUT2D eigenvalue weighted by atomic mass is 10.3. The minimum Gasteiger partial charge on any atom is -0.380 e. The molecule has 1 heterocycles. The van der Waals surface area contributed by atoms with E-state index in [1.54, 1.807) is 11.3 Å². The first-order valence-electron chi connectivity index (χ1n) is 6.03. The maximum atomic E-state index is 5.55. The molecule has 1 aliphatic carbocycles. The Morgan fingerprint density at radius 2 is 2.38 bits per heavy atom. The highest BCUT2D eigenvalue weighted by Crippen LogP contribution is 2.28. The molecule has 90 valence electrons. The first kappa shape index (κ1) is 12.0. The highest BCUT2D eigenvalue weighted by Gasteiger charge is 2.20. The number of thiazole rings is 1. The van der Waals surface area contributed by atoms with Crippen LogP contribution in [0.2, 0.25) is 0 Å². The molecule has 16 heavy (non-hydrogen) atoms. The van der Waals surface area contributed by atoms with E-state index in [2.05, 4.69) is 17.2 Å². The van der Waals surface area contributed by atoms with Gasteiger partial charge in [-0.2, -0.15) is 0 Å². The number of hydrogen-bond acceptors (Lipinski definition) is 4. The highest BCUT2D eigenvalue weighted by molar-refractivity contribution is 7.09. The molecule has 0 unspecified atom stereocenters. The van der Waals surface area contributed by atoms with Gasteiger partial charge in [0.15, 0.2) is 0 Å². The minimum absolute atomic E-state index is 0.845. The van der Waals surface area contributed by atoms with E-state index < -0.39 is 0 Å². The van der Waals surface area contributed by atoms with E-state index in [-0.39, 0.29) is 0 Å². The third-order valence-corrected chi connectivity index (χ3v) is 3.84. The SMILES string of the molecule is Cc1ncsc1CCNCCOCC1CC1. The molecular formula is C12H20N2OS. The molecule has 1 aromatic rings. The Kier molecular flexibility index (Phi) is 4.75.